The first-order valence-electron chi connectivity index (χ1n) is 8.32. The van der Waals surface area contributed by atoms with Gasteiger partial charge in [0.25, 0.3) is 0 Å². The Labute approximate surface area is 152 Å². The molecule has 0 heterocycles. The number of carbonyl (C=O) groups is 1. The van der Waals surface area contributed by atoms with Gasteiger partial charge in [0, 0.05) is 28.8 Å². The minimum absolute atomic E-state index is 0.0604. The number of likely N-dealkylation sites (N-methyl/N-ethyl adjacent to an activating group) is 1. The first kappa shape index (κ1) is 18.1. The fraction of sp³-hybridized carbons (Fsp3) is 0.350. The van der Waals surface area contributed by atoms with E-state index < -0.39 is 0 Å². The van der Waals surface area contributed by atoms with E-state index in [9.17, 15) is 9.90 Å². The van der Waals surface area contributed by atoms with Crippen LogP contribution in [0.3, 0.4) is 0 Å². The van der Waals surface area contributed by atoms with Gasteiger partial charge in [-0.2, -0.15) is 0 Å². The molecular weight excluding hydrogens is 334 g/mol. The second-order valence-electron chi connectivity index (χ2n) is 6.44. The Kier molecular flexibility index (Phi) is 4.78. The van der Waals surface area contributed by atoms with Gasteiger partial charge in [-0.1, -0.05) is 0 Å². The molecule has 0 saturated heterocycles. The monoisotopic (exact) mass is 357 g/mol. The molecule has 0 aromatic heterocycles. The Morgan fingerprint density at radius 2 is 1.65 bits per heavy atom. The second kappa shape index (κ2) is 6.88. The van der Waals surface area contributed by atoms with Crippen molar-refractivity contribution < 1.29 is 24.1 Å². The number of methoxy groups -OCH3 is 3. The third kappa shape index (κ3) is 2.66. The van der Waals surface area contributed by atoms with Gasteiger partial charge in [-0.25, -0.2) is 0 Å². The largest absolute Gasteiger partial charge is 0.504 e. The first-order valence-corrected chi connectivity index (χ1v) is 8.32. The molecule has 2 aromatic rings. The van der Waals surface area contributed by atoms with Gasteiger partial charge < -0.3 is 24.2 Å². The van der Waals surface area contributed by atoms with Crippen molar-refractivity contribution in [2.45, 2.75) is 6.42 Å². The summed E-state index contributed by atoms with van der Waals surface area (Å²) in [6, 6.07) is 5.15. The van der Waals surface area contributed by atoms with Gasteiger partial charge in [0.15, 0.2) is 28.8 Å². The quantitative estimate of drug-likeness (QED) is 0.732. The third-order valence-electron chi connectivity index (χ3n) is 4.66. The minimum atomic E-state index is -0.123. The predicted molar refractivity (Wildman–Crippen MR) is 98.9 cm³/mol. The highest BCUT2D eigenvalue weighted by Crippen LogP contribution is 2.53. The summed E-state index contributed by atoms with van der Waals surface area (Å²) in [5.41, 5.74) is 2.84. The topological polar surface area (TPSA) is 68.2 Å². The zero-order valence-electron chi connectivity index (χ0n) is 15.7. The van der Waals surface area contributed by atoms with Crippen molar-refractivity contribution in [1.82, 2.24) is 4.90 Å². The van der Waals surface area contributed by atoms with E-state index in [-0.39, 0.29) is 11.5 Å². The summed E-state index contributed by atoms with van der Waals surface area (Å²) in [5.74, 6) is 1.09. The van der Waals surface area contributed by atoms with Crippen LogP contribution in [0.25, 0.3) is 11.1 Å². The zero-order chi connectivity index (χ0) is 19.0. The molecule has 0 spiro atoms. The minimum Gasteiger partial charge on any atom is -0.504 e. The van der Waals surface area contributed by atoms with Crippen LogP contribution in [0.15, 0.2) is 18.2 Å². The standard InChI is InChI=1S/C20H23NO5/c1-21(2)9-8-11-10-14(25-4)19(23)17-15(11)18(22)12-6-7-13(24-3)20(26-5)16(12)17/h6-7,10,23H,8-9H2,1-5H3. The fourth-order valence-electron chi connectivity index (χ4n) is 3.40. The van der Waals surface area contributed by atoms with E-state index in [0.29, 0.717) is 45.9 Å². The van der Waals surface area contributed by atoms with Crippen molar-refractivity contribution in [3.63, 3.8) is 0 Å². The van der Waals surface area contributed by atoms with Crippen molar-refractivity contribution in [2.24, 2.45) is 0 Å². The molecule has 0 saturated carbocycles. The van der Waals surface area contributed by atoms with Crippen LogP contribution in [0.2, 0.25) is 0 Å². The van der Waals surface area contributed by atoms with Crippen LogP contribution in [-0.2, 0) is 6.42 Å². The van der Waals surface area contributed by atoms with Crippen LogP contribution in [0.5, 0.6) is 23.0 Å². The molecule has 6 nitrogen and oxygen atoms in total. The van der Waals surface area contributed by atoms with Crippen molar-refractivity contribution in [3.05, 3.63) is 34.9 Å². The lowest BCUT2D eigenvalue weighted by Gasteiger charge is -2.16. The van der Waals surface area contributed by atoms with Gasteiger partial charge in [0.05, 0.1) is 21.3 Å². The van der Waals surface area contributed by atoms with Gasteiger partial charge in [-0.15, -0.1) is 0 Å². The summed E-state index contributed by atoms with van der Waals surface area (Å²) in [5, 5.41) is 10.8. The Hall–Kier alpha value is -2.73. The first-order chi connectivity index (χ1) is 12.4. The Balaban J connectivity index is 2.32. The number of phenols is 1. The number of rotatable bonds is 6. The SMILES string of the molecule is COc1cc(CCN(C)C)c2c(c1O)-c1c(ccc(OC)c1OC)C2=O. The summed E-state index contributed by atoms with van der Waals surface area (Å²) >= 11 is 0. The average Bonchev–Trinajstić information content (AvgIpc) is 2.94. The normalized spacial score (nSPS) is 12.2. The molecular formula is C20H23NO5. The summed E-state index contributed by atoms with van der Waals surface area (Å²) in [4.78, 5) is 15.2. The van der Waals surface area contributed by atoms with Gasteiger partial charge >= 0.3 is 0 Å². The highest BCUT2D eigenvalue weighted by Gasteiger charge is 2.37. The van der Waals surface area contributed by atoms with E-state index in [4.69, 9.17) is 14.2 Å². The number of aromatic hydroxyl groups is 1. The van der Waals surface area contributed by atoms with E-state index >= 15 is 0 Å². The zero-order valence-corrected chi connectivity index (χ0v) is 15.7. The van der Waals surface area contributed by atoms with E-state index in [1.165, 1.54) is 21.3 Å². The van der Waals surface area contributed by atoms with Gasteiger partial charge in [-0.3, -0.25) is 4.79 Å². The number of nitrogens with zero attached hydrogens (tertiary/aromatic N) is 1. The van der Waals surface area contributed by atoms with Crippen molar-refractivity contribution in [3.8, 4) is 34.1 Å². The molecule has 0 aliphatic heterocycles. The number of hydrogen-bond acceptors (Lipinski definition) is 6. The average molecular weight is 357 g/mol. The lowest BCUT2D eigenvalue weighted by molar-refractivity contribution is 0.104. The molecule has 0 radical (unpaired) electrons. The summed E-state index contributed by atoms with van der Waals surface area (Å²) in [6.45, 7) is 0.768. The second-order valence-corrected chi connectivity index (χ2v) is 6.44. The van der Waals surface area contributed by atoms with Gasteiger partial charge in [-0.05, 0) is 44.3 Å². The molecule has 1 aliphatic rings. The van der Waals surface area contributed by atoms with E-state index in [0.717, 1.165) is 12.1 Å². The number of phenolic OH excluding ortho intramolecular Hbond substituents is 1. The smallest absolute Gasteiger partial charge is 0.194 e. The molecule has 0 unspecified atom stereocenters. The number of hydrogen-bond donors (Lipinski definition) is 1. The predicted octanol–water partition coefficient (Wildman–Crippen LogP) is 2.73. The molecule has 1 aliphatic carbocycles. The molecule has 1 N–H and O–H groups in total. The van der Waals surface area contributed by atoms with Crippen molar-refractivity contribution in [2.75, 3.05) is 42.0 Å². The molecule has 0 bridgehead atoms. The molecule has 2 aromatic carbocycles. The van der Waals surface area contributed by atoms with Crippen molar-refractivity contribution in [1.29, 1.82) is 0 Å². The summed E-state index contributed by atoms with van der Waals surface area (Å²) in [6.07, 6.45) is 0.658. The maximum absolute atomic E-state index is 13.1. The number of ketones is 1. The maximum Gasteiger partial charge on any atom is 0.194 e. The van der Waals surface area contributed by atoms with E-state index in [1.54, 1.807) is 18.2 Å². The van der Waals surface area contributed by atoms with Crippen molar-refractivity contribution >= 4 is 5.78 Å². The van der Waals surface area contributed by atoms with Gasteiger partial charge in [0.2, 0.25) is 0 Å². The van der Waals surface area contributed by atoms with Crippen LogP contribution in [-0.4, -0.2) is 57.8 Å². The fourth-order valence-corrected chi connectivity index (χ4v) is 3.40. The molecule has 0 atom stereocenters. The summed E-state index contributed by atoms with van der Waals surface area (Å²) < 4.78 is 16.2. The molecule has 6 heteroatoms. The maximum atomic E-state index is 13.1. The molecule has 3 rings (SSSR count). The van der Waals surface area contributed by atoms with Gasteiger partial charge in [0.1, 0.15) is 0 Å². The molecule has 0 fully saturated rings. The number of ether oxygens (including phenoxy) is 3. The number of benzene rings is 2. The lowest BCUT2D eigenvalue weighted by Crippen LogP contribution is -2.16. The number of carbonyl (C=O) groups excluding carboxylic acids is 1. The lowest BCUT2D eigenvalue weighted by atomic mass is 9.96. The molecule has 26 heavy (non-hydrogen) atoms. The molecule has 0 amide bonds. The molecule has 138 valence electrons. The van der Waals surface area contributed by atoms with Crippen LogP contribution in [0.4, 0.5) is 0 Å². The van der Waals surface area contributed by atoms with E-state index in [1.807, 2.05) is 19.0 Å². The van der Waals surface area contributed by atoms with Crippen LogP contribution >= 0.6 is 0 Å². The van der Waals surface area contributed by atoms with Crippen LogP contribution < -0.4 is 14.2 Å². The third-order valence-corrected chi connectivity index (χ3v) is 4.66. The van der Waals surface area contributed by atoms with Crippen LogP contribution in [0.1, 0.15) is 21.5 Å². The van der Waals surface area contributed by atoms with Crippen LogP contribution in [0, 0.1) is 0 Å². The number of fused-ring (bicyclic) bond motifs is 3. The Morgan fingerprint density at radius 3 is 2.23 bits per heavy atom. The Bertz CT molecular complexity index is 873. The summed E-state index contributed by atoms with van der Waals surface area (Å²) in [7, 11) is 8.50. The van der Waals surface area contributed by atoms with E-state index in [2.05, 4.69) is 0 Å². The highest BCUT2D eigenvalue weighted by molar-refractivity contribution is 6.25. The highest BCUT2D eigenvalue weighted by atomic mass is 16.5. The Morgan fingerprint density at radius 1 is 0.962 bits per heavy atom.